The molecule has 110 valence electrons. The van der Waals surface area contributed by atoms with Crippen LogP contribution in [-0.4, -0.2) is 53.6 Å². The van der Waals surface area contributed by atoms with Gasteiger partial charge in [-0.3, -0.25) is 14.6 Å². The van der Waals surface area contributed by atoms with Gasteiger partial charge in [-0.1, -0.05) is 37.3 Å². The molecule has 0 spiro atoms. The Kier molecular flexibility index (Phi) is 5.15. The van der Waals surface area contributed by atoms with Crippen LogP contribution in [0.5, 0.6) is 0 Å². The summed E-state index contributed by atoms with van der Waals surface area (Å²) in [6.07, 6.45) is 0. The maximum absolute atomic E-state index is 10.9. The summed E-state index contributed by atoms with van der Waals surface area (Å²) in [4.78, 5) is 15.6. The van der Waals surface area contributed by atoms with Crippen molar-refractivity contribution in [1.29, 1.82) is 0 Å². The molecule has 1 saturated heterocycles. The molecule has 0 aliphatic carbocycles. The van der Waals surface area contributed by atoms with E-state index in [0.29, 0.717) is 12.6 Å². The van der Waals surface area contributed by atoms with Crippen LogP contribution in [0.25, 0.3) is 0 Å². The lowest BCUT2D eigenvalue weighted by Gasteiger charge is -2.38. The summed E-state index contributed by atoms with van der Waals surface area (Å²) in [5, 5.41) is 8.96. The molecule has 4 nitrogen and oxygen atoms in total. The molecule has 2 atom stereocenters. The van der Waals surface area contributed by atoms with Crippen LogP contribution in [0.3, 0.4) is 0 Å². The molecule has 2 unspecified atom stereocenters. The minimum Gasteiger partial charge on any atom is -0.481 e. The van der Waals surface area contributed by atoms with Crippen molar-refractivity contribution in [3.05, 3.63) is 35.9 Å². The van der Waals surface area contributed by atoms with E-state index >= 15 is 0 Å². The molecule has 1 aliphatic heterocycles. The first-order valence-corrected chi connectivity index (χ1v) is 7.32. The summed E-state index contributed by atoms with van der Waals surface area (Å²) in [6.45, 7) is 8.59. The predicted molar refractivity (Wildman–Crippen MR) is 79.7 cm³/mol. The maximum atomic E-state index is 10.9. The smallest absolute Gasteiger partial charge is 0.307 e. The second-order valence-electron chi connectivity index (χ2n) is 5.66. The molecule has 2 rings (SSSR count). The average Bonchev–Trinajstić information content (AvgIpc) is 2.48. The number of benzene rings is 1. The van der Waals surface area contributed by atoms with E-state index in [-0.39, 0.29) is 5.92 Å². The Morgan fingerprint density at radius 3 is 2.30 bits per heavy atom. The first-order chi connectivity index (χ1) is 9.58. The van der Waals surface area contributed by atoms with Crippen molar-refractivity contribution in [2.24, 2.45) is 5.92 Å². The molecule has 0 bridgehead atoms. The van der Waals surface area contributed by atoms with Gasteiger partial charge >= 0.3 is 5.97 Å². The average molecular weight is 276 g/mol. The summed E-state index contributed by atoms with van der Waals surface area (Å²) < 4.78 is 0. The van der Waals surface area contributed by atoms with Crippen LogP contribution in [0.4, 0.5) is 0 Å². The van der Waals surface area contributed by atoms with Gasteiger partial charge in [-0.15, -0.1) is 0 Å². The van der Waals surface area contributed by atoms with Crippen molar-refractivity contribution in [3.63, 3.8) is 0 Å². The van der Waals surface area contributed by atoms with Gasteiger partial charge in [0, 0.05) is 38.8 Å². The molecule has 1 aliphatic rings. The Morgan fingerprint density at radius 2 is 1.75 bits per heavy atom. The van der Waals surface area contributed by atoms with Crippen molar-refractivity contribution in [1.82, 2.24) is 9.80 Å². The lowest BCUT2D eigenvalue weighted by atomic mass is 10.1. The van der Waals surface area contributed by atoms with Gasteiger partial charge in [0.15, 0.2) is 0 Å². The van der Waals surface area contributed by atoms with Gasteiger partial charge in [-0.25, -0.2) is 0 Å². The third-order valence-electron chi connectivity index (χ3n) is 4.19. The highest BCUT2D eigenvalue weighted by Gasteiger charge is 2.24. The number of nitrogens with zero attached hydrogens (tertiary/aromatic N) is 2. The highest BCUT2D eigenvalue weighted by Crippen LogP contribution is 2.21. The lowest BCUT2D eigenvalue weighted by molar-refractivity contribution is -0.141. The summed E-state index contributed by atoms with van der Waals surface area (Å²) in [5.41, 5.74) is 1.35. The fourth-order valence-electron chi connectivity index (χ4n) is 2.74. The second-order valence-corrected chi connectivity index (χ2v) is 5.66. The molecular weight excluding hydrogens is 252 g/mol. The van der Waals surface area contributed by atoms with E-state index in [1.165, 1.54) is 5.56 Å². The fourth-order valence-corrected chi connectivity index (χ4v) is 2.74. The minimum absolute atomic E-state index is 0.284. The van der Waals surface area contributed by atoms with E-state index in [0.717, 1.165) is 26.2 Å². The van der Waals surface area contributed by atoms with E-state index in [2.05, 4.69) is 41.0 Å². The van der Waals surface area contributed by atoms with Crippen LogP contribution in [0.15, 0.2) is 30.3 Å². The highest BCUT2D eigenvalue weighted by atomic mass is 16.4. The van der Waals surface area contributed by atoms with Gasteiger partial charge in [0.05, 0.1) is 5.92 Å². The maximum Gasteiger partial charge on any atom is 0.307 e. The topological polar surface area (TPSA) is 43.8 Å². The predicted octanol–water partition coefficient (Wildman–Crippen LogP) is 2.09. The van der Waals surface area contributed by atoms with Crippen molar-refractivity contribution in [2.45, 2.75) is 19.9 Å². The number of aliphatic carboxylic acids is 1. The molecule has 1 N–H and O–H groups in total. The van der Waals surface area contributed by atoms with Gasteiger partial charge < -0.3 is 5.11 Å². The van der Waals surface area contributed by atoms with Gasteiger partial charge in [-0.05, 0) is 12.5 Å². The quantitative estimate of drug-likeness (QED) is 0.894. The SMILES string of the molecule is CC(CN1CCN(C(C)c2ccccc2)CC1)C(=O)O. The van der Waals surface area contributed by atoms with E-state index < -0.39 is 5.97 Å². The van der Waals surface area contributed by atoms with Gasteiger partial charge in [0.1, 0.15) is 0 Å². The Balaban J connectivity index is 1.84. The lowest BCUT2D eigenvalue weighted by Crippen LogP contribution is -2.48. The Hall–Kier alpha value is -1.39. The molecule has 0 radical (unpaired) electrons. The number of carboxylic acid groups (broad SMARTS) is 1. The summed E-state index contributed by atoms with van der Waals surface area (Å²) in [5.74, 6) is -0.988. The summed E-state index contributed by atoms with van der Waals surface area (Å²) in [7, 11) is 0. The molecule has 20 heavy (non-hydrogen) atoms. The van der Waals surface area contributed by atoms with Crippen LogP contribution in [-0.2, 0) is 4.79 Å². The monoisotopic (exact) mass is 276 g/mol. The van der Waals surface area contributed by atoms with Gasteiger partial charge in [0.25, 0.3) is 0 Å². The number of carbonyl (C=O) groups is 1. The van der Waals surface area contributed by atoms with Crippen LogP contribution in [0.2, 0.25) is 0 Å². The Morgan fingerprint density at radius 1 is 1.15 bits per heavy atom. The molecule has 0 aromatic heterocycles. The minimum atomic E-state index is -0.704. The number of carboxylic acids is 1. The first kappa shape index (κ1) is 15.0. The molecule has 1 aromatic carbocycles. The van der Waals surface area contributed by atoms with Crippen LogP contribution in [0.1, 0.15) is 25.5 Å². The largest absolute Gasteiger partial charge is 0.481 e. The number of rotatable bonds is 5. The van der Waals surface area contributed by atoms with Gasteiger partial charge in [-0.2, -0.15) is 0 Å². The number of hydrogen-bond donors (Lipinski definition) is 1. The van der Waals surface area contributed by atoms with Crippen molar-refractivity contribution in [3.8, 4) is 0 Å². The fraction of sp³-hybridized carbons (Fsp3) is 0.562. The zero-order valence-electron chi connectivity index (χ0n) is 12.3. The van der Waals surface area contributed by atoms with Crippen molar-refractivity contribution < 1.29 is 9.90 Å². The normalized spacial score (nSPS) is 20.5. The molecule has 1 aromatic rings. The molecule has 0 saturated carbocycles. The third-order valence-corrected chi connectivity index (χ3v) is 4.19. The van der Waals surface area contributed by atoms with Gasteiger partial charge in [0.2, 0.25) is 0 Å². The van der Waals surface area contributed by atoms with Crippen molar-refractivity contribution >= 4 is 5.97 Å². The zero-order valence-corrected chi connectivity index (χ0v) is 12.3. The van der Waals surface area contributed by atoms with Crippen LogP contribution in [0, 0.1) is 5.92 Å². The number of piperazine rings is 1. The van der Waals surface area contributed by atoms with E-state index in [9.17, 15) is 4.79 Å². The highest BCUT2D eigenvalue weighted by molar-refractivity contribution is 5.69. The van der Waals surface area contributed by atoms with Crippen LogP contribution < -0.4 is 0 Å². The summed E-state index contributed by atoms with van der Waals surface area (Å²) in [6, 6.07) is 11.0. The molecule has 1 fully saturated rings. The zero-order chi connectivity index (χ0) is 14.5. The van der Waals surface area contributed by atoms with Crippen molar-refractivity contribution in [2.75, 3.05) is 32.7 Å². The van der Waals surface area contributed by atoms with E-state index in [4.69, 9.17) is 5.11 Å². The Labute approximate surface area is 121 Å². The third kappa shape index (κ3) is 3.81. The molecule has 4 heteroatoms. The molecule has 0 amide bonds. The standard InChI is InChI=1S/C16H24N2O2/c1-13(16(19)20)12-17-8-10-18(11-9-17)14(2)15-6-4-3-5-7-15/h3-7,13-14H,8-12H2,1-2H3,(H,19,20). The van der Waals surface area contributed by atoms with E-state index in [1.807, 2.05) is 6.07 Å². The van der Waals surface area contributed by atoms with E-state index in [1.54, 1.807) is 6.92 Å². The van der Waals surface area contributed by atoms with Crippen LogP contribution >= 0.6 is 0 Å². The summed E-state index contributed by atoms with van der Waals surface area (Å²) >= 11 is 0. The first-order valence-electron chi connectivity index (χ1n) is 7.32. The second kappa shape index (κ2) is 6.86. The molecule has 1 heterocycles. The Bertz CT molecular complexity index is 427. The molecular formula is C16H24N2O2. The number of hydrogen-bond acceptors (Lipinski definition) is 3.